The Morgan fingerprint density at radius 3 is 2.50 bits per heavy atom. The number of hydrogen-bond donors (Lipinski definition) is 1. The molecule has 0 aliphatic carbocycles. The maximum Gasteiger partial charge on any atom is 0.331 e. The Morgan fingerprint density at radius 2 is 1.86 bits per heavy atom. The number of hydrogen-bond acceptors (Lipinski definition) is 3. The van der Waals surface area contributed by atoms with Gasteiger partial charge in [0, 0.05) is 12.6 Å². The van der Waals surface area contributed by atoms with Crippen LogP contribution in [-0.4, -0.2) is 21.1 Å². The van der Waals surface area contributed by atoms with Crippen molar-refractivity contribution in [3.63, 3.8) is 0 Å². The van der Waals surface area contributed by atoms with Crippen LogP contribution in [0.4, 0.5) is 0 Å². The van der Waals surface area contributed by atoms with Crippen LogP contribution in [0.15, 0.2) is 33.9 Å². The van der Waals surface area contributed by atoms with Crippen LogP contribution in [0.1, 0.15) is 27.2 Å². The summed E-state index contributed by atoms with van der Waals surface area (Å²) >= 11 is 0. The molecule has 0 spiro atoms. The highest BCUT2D eigenvalue weighted by molar-refractivity contribution is 5.79. The lowest BCUT2D eigenvalue weighted by atomic mass is 10.2. The number of fused-ring (bicyclic) bond motifs is 1. The van der Waals surface area contributed by atoms with Crippen molar-refractivity contribution in [1.82, 2.24) is 14.5 Å². The maximum absolute atomic E-state index is 12.5. The van der Waals surface area contributed by atoms with Crippen molar-refractivity contribution in [2.24, 2.45) is 0 Å². The van der Waals surface area contributed by atoms with Crippen LogP contribution >= 0.6 is 0 Å². The highest BCUT2D eigenvalue weighted by Crippen LogP contribution is 2.07. The lowest BCUT2D eigenvalue weighted by Crippen LogP contribution is -2.45. The highest BCUT2D eigenvalue weighted by atomic mass is 16.2. The van der Waals surface area contributed by atoms with Gasteiger partial charge < -0.3 is 5.32 Å². The first kappa shape index (κ1) is 16.0. The minimum atomic E-state index is -0.453. The Bertz CT molecular complexity index is 804. The zero-order valence-electron chi connectivity index (χ0n) is 13.1. The standard InChI is InChI=1S/C16H21N3O3/c1-4-11(3)17-14(20)10-19-15(21)12-8-6-7-9-13(12)18(5-2)16(19)22/h6-9,11H,4-5,10H2,1-3H3,(H,17,20)/t11-/m0/s1. The number of carbonyl (C=O) groups is 1. The molecule has 6 heteroatoms. The average molecular weight is 303 g/mol. The summed E-state index contributed by atoms with van der Waals surface area (Å²) in [6.45, 7) is 5.85. The summed E-state index contributed by atoms with van der Waals surface area (Å²) in [7, 11) is 0. The first-order valence-corrected chi connectivity index (χ1v) is 7.51. The van der Waals surface area contributed by atoms with E-state index in [2.05, 4.69) is 5.32 Å². The van der Waals surface area contributed by atoms with E-state index in [4.69, 9.17) is 0 Å². The van der Waals surface area contributed by atoms with Gasteiger partial charge in [-0.25, -0.2) is 4.79 Å². The van der Waals surface area contributed by atoms with E-state index in [1.54, 1.807) is 24.3 Å². The molecule has 22 heavy (non-hydrogen) atoms. The van der Waals surface area contributed by atoms with Gasteiger partial charge in [-0.2, -0.15) is 0 Å². The first-order valence-electron chi connectivity index (χ1n) is 7.51. The SMILES string of the molecule is CC[C@H](C)NC(=O)Cn1c(=O)c2ccccc2n(CC)c1=O. The monoisotopic (exact) mass is 303 g/mol. The summed E-state index contributed by atoms with van der Waals surface area (Å²) in [5.41, 5.74) is -0.284. The molecule has 0 radical (unpaired) electrons. The molecule has 1 aromatic carbocycles. The van der Waals surface area contributed by atoms with E-state index >= 15 is 0 Å². The predicted octanol–water partition coefficient (Wildman–Crippen LogP) is 1.10. The molecule has 0 aliphatic rings. The molecular formula is C16H21N3O3. The van der Waals surface area contributed by atoms with Gasteiger partial charge in [0.25, 0.3) is 5.56 Å². The van der Waals surface area contributed by atoms with Crippen LogP contribution in [0.3, 0.4) is 0 Å². The predicted molar refractivity (Wildman–Crippen MR) is 86.0 cm³/mol. The van der Waals surface area contributed by atoms with Gasteiger partial charge in [-0.1, -0.05) is 19.1 Å². The average Bonchev–Trinajstić information content (AvgIpc) is 2.52. The normalized spacial score (nSPS) is 12.3. The number of aromatic nitrogens is 2. The Kier molecular flexibility index (Phi) is 4.80. The van der Waals surface area contributed by atoms with E-state index in [1.165, 1.54) is 4.57 Å². The molecule has 1 amide bonds. The van der Waals surface area contributed by atoms with Gasteiger partial charge in [-0.15, -0.1) is 0 Å². The second-order valence-electron chi connectivity index (χ2n) is 5.31. The van der Waals surface area contributed by atoms with Crippen LogP contribution < -0.4 is 16.6 Å². The zero-order chi connectivity index (χ0) is 16.3. The number of rotatable bonds is 5. The maximum atomic E-state index is 12.5. The van der Waals surface area contributed by atoms with Crippen LogP contribution in [0, 0.1) is 0 Å². The Hall–Kier alpha value is -2.37. The Morgan fingerprint density at radius 1 is 1.18 bits per heavy atom. The molecule has 0 saturated carbocycles. The molecule has 0 bridgehead atoms. The third-order valence-corrected chi connectivity index (χ3v) is 3.77. The van der Waals surface area contributed by atoms with Gasteiger partial charge in [0.2, 0.25) is 5.91 Å². The third kappa shape index (κ3) is 2.95. The van der Waals surface area contributed by atoms with Crippen molar-refractivity contribution in [1.29, 1.82) is 0 Å². The van der Waals surface area contributed by atoms with Crippen LogP contribution in [0.2, 0.25) is 0 Å². The topological polar surface area (TPSA) is 73.1 Å². The molecule has 0 unspecified atom stereocenters. The fourth-order valence-corrected chi connectivity index (χ4v) is 2.38. The second kappa shape index (κ2) is 6.60. The van der Waals surface area contributed by atoms with Crippen molar-refractivity contribution in [3.05, 3.63) is 45.1 Å². The minimum Gasteiger partial charge on any atom is -0.352 e. The van der Waals surface area contributed by atoms with Crippen molar-refractivity contribution in [2.75, 3.05) is 0 Å². The molecular weight excluding hydrogens is 282 g/mol. The summed E-state index contributed by atoms with van der Waals surface area (Å²) in [6.07, 6.45) is 0.789. The summed E-state index contributed by atoms with van der Waals surface area (Å²) in [6, 6.07) is 6.96. The minimum absolute atomic E-state index is 0.0112. The molecule has 0 aliphatic heterocycles. The number of benzene rings is 1. The summed E-state index contributed by atoms with van der Waals surface area (Å²) in [5.74, 6) is -0.327. The number of nitrogens with one attached hydrogen (secondary N) is 1. The third-order valence-electron chi connectivity index (χ3n) is 3.77. The molecule has 1 aromatic heterocycles. The Balaban J connectivity index is 2.53. The number of nitrogens with zero attached hydrogens (tertiary/aromatic N) is 2. The lowest BCUT2D eigenvalue weighted by Gasteiger charge is -2.14. The molecule has 0 fully saturated rings. The smallest absolute Gasteiger partial charge is 0.331 e. The Labute approximate surface area is 128 Å². The molecule has 2 aromatic rings. The van der Waals surface area contributed by atoms with Gasteiger partial charge >= 0.3 is 5.69 Å². The van der Waals surface area contributed by atoms with Gasteiger partial charge in [0.1, 0.15) is 6.54 Å². The fraction of sp³-hybridized carbons (Fsp3) is 0.438. The molecule has 118 valence electrons. The van der Waals surface area contributed by atoms with Gasteiger partial charge in [0.15, 0.2) is 0 Å². The van der Waals surface area contributed by atoms with E-state index in [1.807, 2.05) is 20.8 Å². The molecule has 1 heterocycles. The van der Waals surface area contributed by atoms with E-state index in [0.717, 1.165) is 11.0 Å². The van der Waals surface area contributed by atoms with Gasteiger partial charge in [0.05, 0.1) is 10.9 Å². The van der Waals surface area contributed by atoms with Gasteiger partial charge in [-0.05, 0) is 32.4 Å². The molecule has 1 N–H and O–H groups in total. The van der Waals surface area contributed by atoms with E-state index in [-0.39, 0.29) is 18.5 Å². The highest BCUT2D eigenvalue weighted by Gasteiger charge is 2.15. The first-order chi connectivity index (χ1) is 10.5. The van der Waals surface area contributed by atoms with Crippen molar-refractivity contribution < 1.29 is 4.79 Å². The zero-order valence-corrected chi connectivity index (χ0v) is 13.1. The van der Waals surface area contributed by atoms with E-state index < -0.39 is 11.2 Å². The number of para-hydroxylation sites is 1. The van der Waals surface area contributed by atoms with Gasteiger partial charge in [-0.3, -0.25) is 18.7 Å². The van der Waals surface area contributed by atoms with E-state index in [0.29, 0.717) is 17.4 Å². The second-order valence-corrected chi connectivity index (χ2v) is 5.31. The van der Waals surface area contributed by atoms with E-state index in [9.17, 15) is 14.4 Å². The molecule has 0 saturated heterocycles. The molecule has 1 atom stereocenters. The van der Waals surface area contributed by atoms with Crippen LogP contribution in [0.25, 0.3) is 10.9 Å². The molecule has 2 rings (SSSR count). The fourth-order valence-electron chi connectivity index (χ4n) is 2.38. The summed E-state index contributed by atoms with van der Waals surface area (Å²) in [5, 5.41) is 3.22. The van der Waals surface area contributed by atoms with Crippen LogP contribution in [0.5, 0.6) is 0 Å². The number of aryl methyl sites for hydroxylation is 1. The van der Waals surface area contributed by atoms with Crippen molar-refractivity contribution in [3.8, 4) is 0 Å². The molecule has 6 nitrogen and oxygen atoms in total. The number of carbonyl (C=O) groups excluding carboxylic acids is 1. The van der Waals surface area contributed by atoms with Crippen molar-refractivity contribution in [2.45, 2.75) is 46.3 Å². The largest absolute Gasteiger partial charge is 0.352 e. The number of amides is 1. The summed E-state index contributed by atoms with van der Waals surface area (Å²) < 4.78 is 2.51. The quantitative estimate of drug-likeness (QED) is 0.899. The van der Waals surface area contributed by atoms with Crippen LogP contribution in [-0.2, 0) is 17.9 Å². The van der Waals surface area contributed by atoms with Crippen molar-refractivity contribution >= 4 is 16.8 Å². The summed E-state index contributed by atoms with van der Waals surface area (Å²) in [4.78, 5) is 37.0. The lowest BCUT2D eigenvalue weighted by molar-refractivity contribution is -0.122.